The first kappa shape index (κ1) is 19.4. The van der Waals surface area contributed by atoms with Gasteiger partial charge in [-0.1, -0.05) is 23.4 Å². The minimum atomic E-state index is -4.69. The van der Waals surface area contributed by atoms with Crippen molar-refractivity contribution in [1.82, 2.24) is 14.4 Å². The Labute approximate surface area is 164 Å². The van der Waals surface area contributed by atoms with E-state index in [4.69, 9.17) is 0 Å². The normalized spacial score (nSPS) is 15.8. The van der Waals surface area contributed by atoms with Gasteiger partial charge in [-0.2, -0.15) is 22.5 Å². The lowest BCUT2D eigenvalue weighted by atomic mass is 10.1. The van der Waals surface area contributed by atoms with E-state index in [1.54, 1.807) is 54.6 Å². The highest BCUT2D eigenvalue weighted by atomic mass is 32.2. The van der Waals surface area contributed by atoms with Crippen LogP contribution in [-0.2, 0) is 16.2 Å². The second kappa shape index (κ2) is 7.16. The van der Waals surface area contributed by atoms with Crippen LogP contribution in [0.15, 0.2) is 64.0 Å². The van der Waals surface area contributed by atoms with Crippen LogP contribution in [-0.4, -0.2) is 42.0 Å². The highest BCUT2D eigenvalue weighted by molar-refractivity contribution is 7.89. The largest absolute Gasteiger partial charge is 0.471 e. The van der Waals surface area contributed by atoms with Gasteiger partial charge >= 0.3 is 12.1 Å². The van der Waals surface area contributed by atoms with Crippen molar-refractivity contribution in [3.63, 3.8) is 0 Å². The van der Waals surface area contributed by atoms with Gasteiger partial charge in [0.15, 0.2) is 0 Å². The summed E-state index contributed by atoms with van der Waals surface area (Å²) in [4.78, 5) is 3.59. The molecular formula is C18H15F3N4O3S. The highest BCUT2D eigenvalue weighted by Crippen LogP contribution is 2.30. The molecule has 2 aromatic carbocycles. The fraction of sp³-hybridized carbons (Fsp3) is 0.222. The summed E-state index contributed by atoms with van der Waals surface area (Å²) >= 11 is 0. The Morgan fingerprint density at radius 2 is 1.69 bits per heavy atom. The zero-order chi connectivity index (χ0) is 20.6. The van der Waals surface area contributed by atoms with Crippen molar-refractivity contribution >= 4 is 15.7 Å². The predicted octanol–water partition coefficient (Wildman–Crippen LogP) is 3.24. The molecule has 1 N–H and O–H groups in total. The maximum Gasteiger partial charge on any atom is 0.471 e. The summed E-state index contributed by atoms with van der Waals surface area (Å²) in [5.41, 5.74) is 1.08. The first-order valence-electron chi connectivity index (χ1n) is 8.56. The van der Waals surface area contributed by atoms with Crippen molar-refractivity contribution in [1.29, 1.82) is 0 Å². The molecule has 1 fully saturated rings. The van der Waals surface area contributed by atoms with E-state index in [0.717, 1.165) is 0 Å². The van der Waals surface area contributed by atoms with Crippen molar-refractivity contribution < 1.29 is 26.1 Å². The van der Waals surface area contributed by atoms with E-state index >= 15 is 0 Å². The number of hydrogen-bond acceptors (Lipinski definition) is 6. The number of nitrogens with zero attached hydrogens (tertiary/aromatic N) is 3. The maximum absolute atomic E-state index is 12.5. The molecule has 0 amide bonds. The molecule has 1 aliphatic rings. The fourth-order valence-corrected chi connectivity index (χ4v) is 4.43. The van der Waals surface area contributed by atoms with Crippen molar-refractivity contribution in [3.05, 3.63) is 60.5 Å². The second-order valence-corrected chi connectivity index (χ2v) is 8.41. The molecule has 3 aromatic rings. The number of nitrogens with one attached hydrogen (secondary N) is 1. The molecule has 7 nitrogen and oxygen atoms in total. The van der Waals surface area contributed by atoms with E-state index in [-0.39, 0.29) is 16.8 Å². The third kappa shape index (κ3) is 3.96. The third-order valence-electron chi connectivity index (χ3n) is 4.41. The Kier molecular flexibility index (Phi) is 4.79. The Bertz CT molecular complexity index is 1090. The van der Waals surface area contributed by atoms with Gasteiger partial charge in [0, 0.05) is 24.3 Å². The molecule has 1 aromatic heterocycles. The smallest absolute Gasteiger partial charge is 0.380 e. The Balaban J connectivity index is 1.37. The lowest BCUT2D eigenvalue weighted by molar-refractivity contribution is -0.159. The molecule has 0 atom stereocenters. The van der Waals surface area contributed by atoms with Gasteiger partial charge in [0.05, 0.1) is 10.9 Å². The van der Waals surface area contributed by atoms with Gasteiger partial charge in [-0.3, -0.25) is 0 Å². The Hall–Kier alpha value is -2.92. The quantitative estimate of drug-likeness (QED) is 0.677. The number of anilines is 1. The summed E-state index contributed by atoms with van der Waals surface area (Å²) in [5, 5.41) is 6.53. The van der Waals surface area contributed by atoms with Gasteiger partial charge in [-0.05, 0) is 36.4 Å². The van der Waals surface area contributed by atoms with Crippen LogP contribution >= 0.6 is 0 Å². The summed E-state index contributed by atoms with van der Waals surface area (Å²) < 4.78 is 68.2. The molecule has 1 aliphatic heterocycles. The van der Waals surface area contributed by atoms with Crippen LogP contribution in [0, 0.1) is 0 Å². The van der Waals surface area contributed by atoms with Gasteiger partial charge in [0.1, 0.15) is 0 Å². The molecule has 0 spiro atoms. The van der Waals surface area contributed by atoms with Crippen molar-refractivity contribution in [2.75, 3.05) is 18.4 Å². The number of hydrogen-bond donors (Lipinski definition) is 1. The Morgan fingerprint density at radius 3 is 2.28 bits per heavy atom. The lowest BCUT2D eigenvalue weighted by Crippen LogP contribution is -2.56. The average molecular weight is 424 g/mol. The summed E-state index contributed by atoms with van der Waals surface area (Å²) in [6, 6.07) is 14.6. The van der Waals surface area contributed by atoms with E-state index in [1.807, 2.05) is 0 Å². The lowest BCUT2D eigenvalue weighted by Gasteiger charge is -2.38. The van der Waals surface area contributed by atoms with Crippen LogP contribution in [0.1, 0.15) is 5.89 Å². The van der Waals surface area contributed by atoms with E-state index < -0.39 is 22.1 Å². The maximum atomic E-state index is 12.5. The molecule has 0 bridgehead atoms. The summed E-state index contributed by atoms with van der Waals surface area (Å²) in [6.07, 6.45) is -4.69. The van der Waals surface area contributed by atoms with Gasteiger partial charge in [-0.15, -0.1) is 0 Å². The first-order chi connectivity index (χ1) is 13.7. The third-order valence-corrected chi connectivity index (χ3v) is 6.26. The second-order valence-electron chi connectivity index (χ2n) is 6.47. The number of alkyl halides is 3. The molecule has 29 heavy (non-hydrogen) atoms. The molecule has 1 saturated heterocycles. The number of rotatable bonds is 5. The summed E-state index contributed by atoms with van der Waals surface area (Å²) in [5.74, 6) is -1.56. The van der Waals surface area contributed by atoms with Crippen LogP contribution in [0.3, 0.4) is 0 Å². The van der Waals surface area contributed by atoms with Gasteiger partial charge in [-0.25, -0.2) is 8.42 Å². The topological polar surface area (TPSA) is 88.3 Å². The summed E-state index contributed by atoms with van der Waals surface area (Å²) in [7, 11) is -3.51. The minimum absolute atomic E-state index is 0.0682. The zero-order valence-electron chi connectivity index (χ0n) is 14.8. The van der Waals surface area contributed by atoms with Crippen LogP contribution in [0.5, 0.6) is 0 Å². The van der Waals surface area contributed by atoms with Gasteiger partial charge in [0.2, 0.25) is 15.8 Å². The number of halogens is 3. The van der Waals surface area contributed by atoms with Crippen molar-refractivity contribution in [3.8, 4) is 11.4 Å². The van der Waals surface area contributed by atoms with Crippen LogP contribution in [0.2, 0.25) is 0 Å². The molecule has 0 saturated carbocycles. The molecular weight excluding hydrogens is 409 g/mol. The van der Waals surface area contributed by atoms with E-state index in [0.29, 0.717) is 24.3 Å². The molecule has 11 heteroatoms. The number of aromatic nitrogens is 2. The van der Waals surface area contributed by atoms with E-state index in [1.165, 1.54) is 4.31 Å². The van der Waals surface area contributed by atoms with Crippen molar-refractivity contribution in [2.24, 2.45) is 0 Å². The molecule has 152 valence electrons. The molecule has 0 radical (unpaired) electrons. The number of sulfonamides is 1. The molecule has 2 heterocycles. The standard InChI is InChI=1S/C18H15F3N4O3S/c19-18(20,21)17-23-16(24-28-17)12-6-8-13(9-7-12)22-14-10-25(11-14)29(26,27)15-4-2-1-3-5-15/h1-9,14,22H,10-11H2. The van der Waals surface area contributed by atoms with Crippen LogP contribution in [0.4, 0.5) is 18.9 Å². The Morgan fingerprint density at radius 1 is 1.03 bits per heavy atom. The van der Waals surface area contributed by atoms with E-state index in [2.05, 4.69) is 20.0 Å². The van der Waals surface area contributed by atoms with Gasteiger partial charge < -0.3 is 9.84 Å². The van der Waals surface area contributed by atoms with Gasteiger partial charge in [0.25, 0.3) is 0 Å². The highest BCUT2D eigenvalue weighted by Gasteiger charge is 2.39. The van der Waals surface area contributed by atoms with Crippen LogP contribution in [0.25, 0.3) is 11.4 Å². The van der Waals surface area contributed by atoms with Crippen molar-refractivity contribution in [2.45, 2.75) is 17.1 Å². The molecule has 0 aliphatic carbocycles. The average Bonchev–Trinajstić information content (AvgIpc) is 3.16. The monoisotopic (exact) mass is 424 g/mol. The first-order valence-corrected chi connectivity index (χ1v) is 10.0. The molecule has 0 unspecified atom stereocenters. The van der Waals surface area contributed by atoms with Crippen LogP contribution < -0.4 is 5.32 Å². The van der Waals surface area contributed by atoms with E-state index in [9.17, 15) is 21.6 Å². The number of benzene rings is 2. The zero-order valence-corrected chi connectivity index (χ0v) is 15.6. The fourth-order valence-electron chi connectivity index (χ4n) is 2.87. The molecule has 4 rings (SSSR count). The predicted molar refractivity (Wildman–Crippen MR) is 97.3 cm³/mol. The SMILES string of the molecule is O=S(=O)(c1ccccc1)N1CC(Nc2ccc(-c3noc(C(F)(F)F)n3)cc2)C1. The minimum Gasteiger partial charge on any atom is -0.380 e. The summed E-state index contributed by atoms with van der Waals surface area (Å²) in [6.45, 7) is 0.636.